The summed E-state index contributed by atoms with van der Waals surface area (Å²) in [5.41, 5.74) is -3.09. The Morgan fingerprint density at radius 1 is 1.18 bits per heavy atom. The Morgan fingerprint density at radius 2 is 1.79 bits per heavy atom. The summed E-state index contributed by atoms with van der Waals surface area (Å²) in [7, 11) is 0. The monoisotopic (exact) mass is 473 g/mol. The molecule has 1 aliphatic rings. The lowest BCUT2D eigenvalue weighted by Crippen LogP contribution is -2.53. The summed E-state index contributed by atoms with van der Waals surface area (Å²) in [6, 6.07) is -0.656. The van der Waals surface area contributed by atoms with E-state index in [4.69, 9.17) is 0 Å². The van der Waals surface area contributed by atoms with E-state index in [0.29, 0.717) is 12.1 Å². The van der Waals surface area contributed by atoms with Crippen molar-refractivity contribution in [2.75, 3.05) is 6.54 Å². The van der Waals surface area contributed by atoms with Crippen molar-refractivity contribution in [3.63, 3.8) is 0 Å². The third-order valence-electron chi connectivity index (χ3n) is 5.63. The number of halogens is 5. The number of pyridine rings is 1. The van der Waals surface area contributed by atoms with Crippen LogP contribution in [0.2, 0.25) is 0 Å². The number of benzene rings is 1. The smallest absolute Gasteiger partial charge is 0.275 e. The quantitative estimate of drug-likeness (QED) is 0.632. The molecule has 1 aromatic carbocycles. The fourth-order valence-electron chi connectivity index (χ4n) is 3.56. The lowest BCUT2D eigenvalue weighted by atomic mass is 10.0. The minimum absolute atomic E-state index is 0.0967. The number of fused-ring (bicyclic) bond motifs is 1. The minimum Gasteiger partial charge on any atom is -0.503 e. The number of aromatic hydroxyl groups is 1. The first-order chi connectivity index (χ1) is 15.4. The highest BCUT2D eigenvalue weighted by atomic mass is 19.3. The van der Waals surface area contributed by atoms with Crippen LogP contribution in [0.5, 0.6) is 5.75 Å². The van der Waals surface area contributed by atoms with E-state index in [-0.39, 0.29) is 13.1 Å². The highest BCUT2D eigenvalue weighted by Crippen LogP contribution is 2.30. The fraction of sp³-hybridized carbons (Fsp3) is 0.381. The number of nitrogens with zero attached hydrogens (tertiary/aromatic N) is 2. The lowest BCUT2D eigenvalue weighted by Gasteiger charge is -2.37. The van der Waals surface area contributed by atoms with Gasteiger partial charge in [0.05, 0.1) is 6.04 Å². The van der Waals surface area contributed by atoms with Crippen molar-refractivity contribution >= 4 is 11.8 Å². The first kappa shape index (κ1) is 24.2. The second kappa shape index (κ2) is 8.83. The third-order valence-corrected chi connectivity index (χ3v) is 5.63. The molecule has 178 valence electrons. The van der Waals surface area contributed by atoms with Gasteiger partial charge in [0.1, 0.15) is 23.0 Å². The van der Waals surface area contributed by atoms with Crippen molar-refractivity contribution in [3.05, 3.63) is 62.8 Å². The maximum atomic E-state index is 14.1. The molecule has 0 radical (unpaired) electrons. The Kier molecular flexibility index (Phi) is 6.48. The molecule has 1 unspecified atom stereocenters. The molecule has 0 fully saturated rings. The predicted molar refractivity (Wildman–Crippen MR) is 106 cm³/mol. The predicted octanol–water partition coefficient (Wildman–Crippen LogP) is 2.79. The van der Waals surface area contributed by atoms with Crippen LogP contribution in [0.4, 0.5) is 22.0 Å². The molecule has 1 atom stereocenters. The zero-order chi connectivity index (χ0) is 24.7. The fourth-order valence-corrected chi connectivity index (χ4v) is 3.56. The van der Waals surface area contributed by atoms with Gasteiger partial charge < -0.3 is 19.9 Å². The molecule has 2 heterocycles. The molecular weight excluding hydrogens is 453 g/mol. The molecule has 2 N–H and O–H groups in total. The largest absolute Gasteiger partial charge is 0.503 e. The number of hydrogen-bond acceptors (Lipinski definition) is 4. The summed E-state index contributed by atoms with van der Waals surface area (Å²) < 4.78 is 69.8. The average molecular weight is 473 g/mol. The van der Waals surface area contributed by atoms with Gasteiger partial charge in [-0.1, -0.05) is 6.92 Å². The van der Waals surface area contributed by atoms with E-state index < -0.39 is 82.2 Å². The Morgan fingerprint density at radius 3 is 2.36 bits per heavy atom. The van der Waals surface area contributed by atoms with Gasteiger partial charge in [0, 0.05) is 49.9 Å². The van der Waals surface area contributed by atoms with Crippen LogP contribution in [0.3, 0.4) is 0 Å². The lowest BCUT2D eigenvalue weighted by molar-refractivity contribution is -0.0714. The number of carbonyl (C=O) groups is 2. The van der Waals surface area contributed by atoms with Crippen molar-refractivity contribution in [2.24, 2.45) is 0 Å². The van der Waals surface area contributed by atoms with Gasteiger partial charge in [0.15, 0.2) is 11.4 Å². The van der Waals surface area contributed by atoms with Crippen molar-refractivity contribution < 1.29 is 36.6 Å². The van der Waals surface area contributed by atoms with Gasteiger partial charge in [-0.05, 0) is 6.92 Å². The SMILES string of the molecule is CCC(F)(F)C(C)N1CCn2cc(C(=O)NCc3c(F)cc(F)cc3F)c(=O)c(O)c2C1=O. The molecule has 0 aliphatic carbocycles. The Hall–Kier alpha value is -3.44. The number of carbonyl (C=O) groups excluding carboxylic acids is 2. The molecule has 0 saturated carbocycles. The van der Waals surface area contributed by atoms with Gasteiger partial charge in [-0.25, -0.2) is 22.0 Å². The van der Waals surface area contributed by atoms with Gasteiger partial charge in [0.2, 0.25) is 5.43 Å². The van der Waals surface area contributed by atoms with E-state index in [2.05, 4.69) is 5.32 Å². The zero-order valence-corrected chi connectivity index (χ0v) is 17.6. The van der Waals surface area contributed by atoms with E-state index >= 15 is 0 Å². The van der Waals surface area contributed by atoms with Crippen LogP contribution in [-0.2, 0) is 13.1 Å². The highest BCUT2D eigenvalue weighted by Gasteiger charge is 2.43. The van der Waals surface area contributed by atoms with Crippen LogP contribution in [0.1, 0.15) is 46.7 Å². The maximum Gasteiger partial charge on any atom is 0.275 e. The molecule has 1 aromatic heterocycles. The van der Waals surface area contributed by atoms with Gasteiger partial charge >= 0.3 is 0 Å². The molecule has 0 saturated heterocycles. The van der Waals surface area contributed by atoms with Crippen molar-refractivity contribution in [2.45, 2.75) is 45.3 Å². The summed E-state index contributed by atoms with van der Waals surface area (Å²) >= 11 is 0. The van der Waals surface area contributed by atoms with E-state index in [1.54, 1.807) is 0 Å². The molecular formula is C21H20F5N3O4. The van der Waals surface area contributed by atoms with E-state index in [1.807, 2.05) is 0 Å². The number of nitrogens with one attached hydrogen (secondary N) is 1. The molecule has 0 spiro atoms. The summed E-state index contributed by atoms with van der Waals surface area (Å²) in [6.45, 7) is 1.42. The van der Waals surface area contributed by atoms with Crippen LogP contribution >= 0.6 is 0 Å². The minimum atomic E-state index is -3.20. The van der Waals surface area contributed by atoms with E-state index in [0.717, 1.165) is 22.6 Å². The van der Waals surface area contributed by atoms with Crippen LogP contribution in [0.15, 0.2) is 23.1 Å². The van der Waals surface area contributed by atoms with Crippen LogP contribution in [-0.4, -0.2) is 44.9 Å². The van der Waals surface area contributed by atoms with Gasteiger partial charge in [-0.3, -0.25) is 14.4 Å². The molecule has 0 bridgehead atoms. The van der Waals surface area contributed by atoms with Gasteiger partial charge in [-0.2, -0.15) is 0 Å². The summed E-state index contributed by atoms with van der Waals surface area (Å²) in [4.78, 5) is 38.5. The standard InChI is InChI=1S/C21H20F5N3O4/c1-3-21(25,26)10(2)29-5-4-28-9-13(17(30)18(31)16(28)20(29)33)19(32)27-8-12-14(23)6-11(22)7-15(12)24/h6-7,9-10,31H,3-5,8H2,1-2H3,(H,27,32). The number of hydrogen-bond donors (Lipinski definition) is 2. The maximum absolute atomic E-state index is 14.1. The van der Waals surface area contributed by atoms with Gasteiger partial charge in [0.25, 0.3) is 17.7 Å². The van der Waals surface area contributed by atoms with E-state index in [1.165, 1.54) is 6.92 Å². The number of alkyl halides is 2. The van der Waals surface area contributed by atoms with Crippen molar-refractivity contribution in [3.8, 4) is 5.75 Å². The van der Waals surface area contributed by atoms with Crippen molar-refractivity contribution in [1.29, 1.82) is 0 Å². The van der Waals surface area contributed by atoms with Crippen LogP contribution < -0.4 is 10.7 Å². The Bertz CT molecular complexity index is 1160. The normalized spacial score (nSPS) is 14.8. The molecule has 7 nitrogen and oxygen atoms in total. The number of amides is 2. The first-order valence-electron chi connectivity index (χ1n) is 9.95. The first-order valence-corrected chi connectivity index (χ1v) is 9.95. The Balaban J connectivity index is 1.88. The average Bonchev–Trinajstić information content (AvgIpc) is 2.74. The zero-order valence-electron chi connectivity index (χ0n) is 17.6. The summed E-state index contributed by atoms with van der Waals surface area (Å²) in [5, 5.41) is 12.4. The molecule has 1 aliphatic heterocycles. The third kappa shape index (κ3) is 4.41. The molecule has 2 amide bonds. The topological polar surface area (TPSA) is 91.6 Å². The number of rotatable bonds is 6. The number of aromatic nitrogens is 1. The summed E-state index contributed by atoms with van der Waals surface area (Å²) in [6.07, 6.45) is 0.438. The van der Waals surface area contributed by atoms with Crippen LogP contribution in [0.25, 0.3) is 0 Å². The molecule has 12 heteroatoms. The van der Waals surface area contributed by atoms with E-state index in [9.17, 15) is 41.4 Å². The summed E-state index contributed by atoms with van der Waals surface area (Å²) in [5.74, 6) is -10.1. The second-order valence-electron chi connectivity index (χ2n) is 7.58. The van der Waals surface area contributed by atoms with Gasteiger partial charge in [-0.15, -0.1) is 0 Å². The molecule has 3 rings (SSSR count). The molecule has 2 aromatic rings. The van der Waals surface area contributed by atoms with Crippen LogP contribution in [0, 0.1) is 17.5 Å². The Labute approximate surface area is 184 Å². The second-order valence-corrected chi connectivity index (χ2v) is 7.58. The highest BCUT2D eigenvalue weighted by molar-refractivity contribution is 5.99. The molecule has 33 heavy (non-hydrogen) atoms. The van der Waals surface area contributed by atoms with Crippen molar-refractivity contribution in [1.82, 2.24) is 14.8 Å².